The predicted molar refractivity (Wildman–Crippen MR) is 96.7 cm³/mol. The van der Waals surface area contributed by atoms with E-state index in [2.05, 4.69) is 10.4 Å². The van der Waals surface area contributed by atoms with E-state index in [1.807, 2.05) is 36.5 Å². The maximum absolute atomic E-state index is 12.2. The number of nitrogens with one attached hydrogen (secondary N) is 1. The maximum Gasteiger partial charge on any atom is 0.258 e. The lowest BCUT2D eigenvalue weighted by molar-refractivity contribution is -0.129. The first-order valence-electron chi connectivity index (χ1n) is 8.76. The van der Waals surface area contributed by atoms with Crippen molar-refractivity contribution < 1.29 is 14.3 Å². The van der Waals surface area contributed by atoms with Gasteiger partial charge >= 0.3 is 0 Å². The Morgan fingerprint density at radius 1 is 1.31 bits per heavy atom. The normalized spacial score (nSPS) is 15.8. The Morgan fingerprint density at radius 3 is 2.81 bits per heavy atom. The predicted octanol–water partition coefficient (Wildman–Crippen LogP) is 1.54. The van der Waals surface area contributed by atoms with Crippen molar-refractivity contribution in [2.24, 2.45) is 0 Å². The number of fused-ring (bicyclic) bond motifs is 1. The van der Waals surface area contributed by atoms with Crippen LogP contribution in [0.25, 0.3) is 0 Å². The molecule has 1 aromatic heterocycles. The summed E-state index contributed by atoms with van der Waals surface area (Å²) in [5.74, 6) is 0.478. The zero-order valence-corrected chi connectivity index (χ0v) is 15.1. The molecule has 0 bridgehead atoms. The minimum atomic E-state index is -0.175. The minimum absolute atomic E-state index is 0.0123. The van der Waals surface area contributed by atoms with Gasteiger partial charge in [0.1, 0.15) is 12.3 Å². The third-order valence-electron chi connectivity index (χ3n) is 4.38. The number of likely N-dealkylation sites (N-methyl/N-ethyl adjacent to an activating group) is 1. The van der Waals surface area contributed by atoms with E-state index >= 15 is 0 Å². The number of benzene rings is 1. The Labute approximate surface area is 152 Å². The standard InChI is InChI=1S/C19H24N4O3/c1-22(2)18(25)12-23-11-14-7-6-10-16(19(14)21-23)20-17(24)13-26-15-8-4-3-5-9-15/h3-5,8-9,11,16H,6-7,10,12-13H2,1-2H3,(H,20,24). The van der Waals surface area contributed by atoms with Gasteiger partial charge in [0.15, 0.2) is 6.61 Å². The Balaban J connectivity index is 1.61. The number of amides is 2. The van der Waals surface area contributed by atoms with E-state index in [0.717, 1.165) is 30.5 Å². The fraction of sp³-hybridized carbons (Fsp3) is 0.421. The number of ether oxygens (including phenoxy) is 1. The molecule has 7 heteroatoms. The molecule has 3 rings (SSSR count). The van der Waals surface area contributed by atoms with Crippen LogP contribution in [0.4, 0.5) is 0 Å². The van der Waals surface area contributed by atoms with Crippen molar-refractivity contribution in [1.82, 2.24) is 20.0 Å². The van der Waals surface area contributed by atoms with E-state index in [0.29, 0.717) is 5.75 Å². The van der Waals surface area contributed by atoms with Crippen molar-refractivity contribution in [3.63, 3.8) is 0 Å². The highest BCUT2D eigenvalue weighted by Crippen LogP contribution is 2.28. The molecule has 1 N–H and O–H groups in total. The molecule has 0 radical (unpaired) electrons. The molecule has 1 atom stereocenters. The molecule has 0 saturated carbocycles. The van der Waals surface area contributed by atoms with Gasteiger partial charge in [-0.25, -0.2) is 0 Å². The van der Waals surface area contributed by atoms with Gasteiger partial charge in [-0.2, -0.15) is 5.10 Å². The fourth-order valence-electron chi connectivity index (χ4n) is 3.00. The molecular weight excluding hydrogens is 332 g/mol. The molecule has 2 amide bonds. The third kappa shape index (κ3) is 4.41. The van der Waals surface area contributed by atoms with Crippen molar-refractivity contribution in [2.75, 3.05) is 20.7 Å². The monoisotopic (exact) mass is 356 g/mol. The summed E-state index contributed by atoms with van der Waals surface area (Å²) >= 11 is 0. The van der Waals surface area contributed by atoms with Crippen LogP contribution < -0.4 is 10.1 Å². The third-order valence-corrected chi connectivity index (χ3v) is 4.38. The smallest absolute Gasteiger partial charge is 0.258 e. The zero-order valence-electron chi connectivity index (χ0n) is 15.1. The first-order valence-corrected chi connectivity index (χ1v) is 8.76. The maximum atomic E-state index is 12.2. The van der Waals surface area contributed by atoms with E-state index in [9.17, 15) is 9.59 Å². The van der Waals surface area contributed by atoms with E-state index in [1.165, 1.54) is 0 Å². The average Bonchev–Trinajstić information content (AvgIpc) is 3.04. The topological polar surface area (TPSA) is 76.5 Å². The zero-order chi connectivity index (χ0) is 18.5. The van der Waals surface area contributed by atoms with Crippen LogP contribution in [-0.2, 0) is 22.6 Å². The van der Waals surface area contributed by atoms with Crippen molar-refractivity contribution in [1.29, 1.82) is 0 Å². The van der Waals surface area contributed by atoms with E-state index in [4.69, 9.17) is 4.74 Å². The number of hydrogen-bond donors (Lipinski definition) is 1. The summed E-state index contributed by atoms with van der Waals surface area (Å²) in [6.07, 6.45) is 4.64. The van der Waals surface area contributed by atoms with Crippen molar-refractivity contribution >= 4 is 11.8 Å². The van der Waals surface area contributed by atoms with Gasteiger partial charge < -0.3 is 15.0 Å². The Kier molecular flexibility index (Phi) is 5.55. The summed E-state index contributed by atoms with van der Waals surface area (Å²) in [7, 11) is 3.45. The molecule has 0 spiro atoms. The van der Waals surface area contributed by atoms with E-state index in [-0.39, 0.29) is 31.0 Å². The van der Waals surface area contributed by atoms with Crippen LogP contribution in [0, 0.1) is 0 Å². The lowest BCUT2D eigenvalue weighted by Gasteiger charge is -2.22. The molecule has 1 aromatic carbocycles. The van der Waals surface area contributed by atoms with Gasteiger partial charge in [-0.3, -0.25) is 14.3 Å². The highest BCUT2D eigenvalue weighted by molar-refractivity contribution is 5.78. The summed E-state index contributed by atoms with van der Waals surface area (Å²) in [5, 5.41) is 7.54. The molecule has 1 unspecified atom stereocenters. The highest BCUT2D eigenvalue weighted by Gasteiger charge is 2.26. The highest BCUT2D eigenvalue weighted by atomic mass is 16.5. The van der Waals surface area contributed by atoms with E-state index in [1.54, 1.807) is 23.7 Å². The second kappa shape index (κ2) is 8.03. The molecule has 138 valence electrons. The van der Waals surface area contributed by atoms with Gasteiger partial charge in [-0.1, -0.05) is 18.2 Å². The lowest BCUT2D eigenvalue weighted by Crippen LogP contribution is -2.34. The number of carbonyl (C=O) groups is 2. The van der Waals surface area contributed by atoms with Gasteiger partial charge in [0.2, 0.25) is 5.91 Å². The molecule has 2 aromatic rings. The first kappa shape index (κ1) is 18.0. The molecule has 1 heterocycles. The van der Waals surface area contributed by atoms with Crippen molar-refractivity contribution in [3.8, 4) is 5.75 Å². The van der Waals surface area contributed by atoms with Crippen LogP contribution >= 0.6 is 0 Å². The second-order valence-corrected chi connectivity index (χ2v) is 6.64. The Bertz CT molecular complexity index is 770. The number of hydrogen-bond acceptors (Lipinski definition) is 4. The molecule has 7 nitrogen and oxygen atoms in total. The van der Waals surface area contributed by atoms with Crippen molar-refractivity contribution in [2.45, 2.75) is 31.8 Å². The number of rotatable bonds is 6. The molecular formula is C19H24N4O3. The summed E-state index contributed by atoms with van der Waals surface area (Å²) in [6.45, 7) is 0.174. The molecule has 1 aliphatic rings. The van der Waals surface area contributed by atoms with Gasteiger partial charge in [-0.05, 0) is 37.0 Å². The van der Waals surface area contributed by atoms with Crippen LogP contribution in [0.15, 0.2) is 36.5 Å². The molecule has 0 saturated heterocycles. The van der Waals surface area contributed by atoms with Gasteiger partial charge in [0.25, 0.3) is 5.91 Å². The van der Waals surface area contributed by atoms with Gasteiger partial charge in [-0.15, -0.1) is 0 Å². The lowest BCUT2D eigenvalue weighted by atomic mass is 9.94. The number of nitrogens with zero attached hydrogens (tertiary/aromatic N) is 3. The van der Waals surface area contributed by atoms with Crippen molar-refractivity contribution in [3.05, 3.63) is 47.8 Å². The number of carbonyl (C=O) groups excluding carboxylic acids is 2. The largest absolute Gasteiger partial charge is 0.484 e. The molecule has 0 fully saturated rings. The Morgan fingerprint density at radius 2 is 2.08 bits per heavy atom. The second-order valence-electron chi connectivity index (χ2n) is 6.64. The Hall–Kier alpha value is -2.83. The van der Waals surface area contributed by atoms with Gasteiger partial charge in [0, 0.05) is 20.3 Å². The average molecular weight is 356 g/mol. The number of aromatic nitrogens is 2. The summed E-state index contributed by atoms with van der Waals surface area (Å²) in [4.78, 5) is 25.7. The quantitative estimate of drug-likeness (QED) is 0.852. The van der Waals surface area contributed by atoms with E-state index < -0.39 is 0 Å². The molecule has 0 aliphatic heterocycles. The summed E-state index contributed by atoms with van der Waals surface area (Å²) in [5.41, 5.74) is 1.95. The first-order chi connectivity index (χ1) is 12.5. The van der Waals surface area contributed by atoms with Crippen LogP contribution in [0.2, 0.25) is 0 Å². The minimum Gasteiger partial charge on any atom is -0.484 e. The number of para-hydroxylation sites is 1. The summed E-state index contributed by atoms with van der Waals surface area (Å²) < 4.78 is 7.16. The summed E-state index contributed by atoms with van der Waals surface area (Å²) in [6, 6.07) is 9.12. The van der Waals surface area contributed by atoms with Gasteiger partial charge in [0.05, 0.1) is 11.7 Å². The molecule has 26 heavy (non-hydrogen) atoms. The fourth-order valence-corrected chi connectivity index (χ4v) is 3.00. The van der Waals surface area contributed by atoms with Crippen LogP contribution in [0.3, 0.4) is 0 Å². The SMILES string of the molecule is CN(C)C(=O)Cn1cc2c(n1)C(NC(=O)COc1ccccc1)CCC2. The molecule has 1 aliphatic carbocycles. The van der Waals surface area contributed by atoms with Crippen LogP contribution in [0.5, 0.6) is 5.75 Å². The number of aryl methyl sites for hydroxylation is 1. The van der Waals surface area contributed by atoms with Crippen LogP contribution in [-0.4, -0.2) is 47.2 Å². The van der Waals surface area contributed by atoms with Crippen LogP contribution in [0.1, 0.15) is 30.1 Å².